The lowest BCUT2D eigenvalue weighted by Gasteiger charge is -2.09. The van der Waals surface area contributed by atoms with E-state index in [-0.39, 0.29) is 23.5 Å². The first-order valence-corrected chi connectivity index (χ1v) is 15.4. The quantitative estimate of drug-likeness (QED) is 0.111. The molecule has 7 nitrogen and oxygen atoms in total. The van der Waals surface area contributed by atoms with Crippen LogP contribution in [0.4, 0.5) is 0 Å². The Morgan fingerprint density at radius 2 is 0.957 bits per heavy atom. The molecule has 0 saturated heterocycles. The minimum Gasteiger partial charge on any atom is -0.423 e. The summed E-state index contributed by atoms with van der Waals surface area (Å²) in [6, 6.07) is 33.7. The molecule has 2 unspecified atom stereocenters. The molecule has 0 aliphatic heterocycles. The van der Waals surface area contributed by atoms with Crippen LogP contribution >= 0.6 is 0 Å². The maximum atomic E-state index is 12.7. The standard InChI is InChI=1S/C39H37NO6/c1-26(41)3-5-28-7-11-30(12-8-28)32-15-20-35(21-16-32)45-38(43)34-19-24-37(40-25-34)39(44)46-36-22-17-33(18-23-36)31-13-9-29(10-14-31)6-4-27(2)42/h7-27,41-42H,3-6H2,1-2H3. The predicted octanol–water partition coefficient (Wildman–Crippen LogP) is 7.48. The Morgan fingerprint density at radius 3 is 1.33 bits per heavy atom. The predicted molar refractivity (Wildman–Crippen MR) is 178 cm³/mol. The number of benzene rings is 4. The van der Waals surface area contributed by atoms with Gasteiger partial charge in [0.05, 0.1) is 17.8 Å². The molecule has 0 aliphatic rings. The first-order valence-electron chi connectivity index (χ1n) is 15.4. The molecule has 0 aliphatic carbocycles. The molecule has 0 bridgehead atoms. The summed E-state index contributed by atoms with van der Waals surface area (Å²) < 4.78 is 11.0. The zero-order valence-electron chi connectivity index (χ0n) is 25.9. The third-order valence-electron chi connectivity index (χ3n) is 7.61. The molecule has 5 rings (SSSR count). The number of rotatable bonds is 12. The molecule has 1 aromatic heterocycles. The normalized spacial score (nSPS) is 12.3. The summed E-state index contributed by atoms with van der Waals surface area (Å²) in [6.45, 7) is 3.58. The van der Waals surface area contributed by atoms with Gasteiger partial charge in [-0.15, -0.1) is 0 Å². The number of ether oxygens (including phenoxy) is 2. The van der Waals surface area contributed by atoms with Gasteiger partial charge in [0.2, 0.25) is 0 Å². The number of esters is 2. The third-order valence-corrected chi connectivity index (χ3v) is 7.61. The number of carbonyl (C=O) groups excluding carboxylic acids is 2. The number of hydrogen-bond acceptors (Lipinski definition) is 7. The molecule has 2 N–H and O–H groups in total. The first kappa shape index (κ1) is 32.3. The van der Waals surface area contributed by atoms with E-state index in [4.69, 9.17) is 9.47 Å². The van der Waals surface area contributed by atoms with Crippen LogP contribution in [0.15, 0.2) is 115 Å². The molecule has 1 heterocycles. The highest BCUT2D eigenvalue weighted by molar-refractivity contribution is 5.93. The lowest BCUT2D eigenvalue weighted by Crippen LogP contribution is -2.13. The number of pyridine rings is 1. The maximum Gasteiger partial charge on any atom is 0.362 e. The Hall–Kier alpha value is -5.11. The summed E-state index contributed by atoms with van der Waals surface area (Å²) in [4.78, 5) is 29.5. The van der Waals surface area contributed by atoms with Gasteiger partial charge in [0.1, 0.15) is 17.2 Å². The van der Waals surface area contributed by atoms with Crippen LogP contribution in [-0.4, -0.2) is 39.3 Å². The third kappa shape index (κ3) is 8.97. The van der Waals surface area contributed by atoms with E-state index in [1.54, 1.807) is 38.1 Å². The van der Waals surface area contributed by atoms with Crippen LogP contribution in [0.25, 0.3) is 22.3 Å². The highest BCUT2D eigenvalue weighted by atomic mass is 16.5. The van der Waals surface area contributed by atoms with E-state index in [1.807, 2.05) is 48.5 Å². The van der Waals surface area contributed by atoms with Crippen molar-refractivity contribution < 1.29 is 29.3 Å². The molecule has 7 heteroatoms. The van der Waals surface area contributed by atoms with Crippen LogP contribution < -0.4 is 9.47 Å². The van der Waals surface area contributed by atoms with Crippen LogP contribution in [0.5, 0.6) is 11.5 Å². The minimum absolute atomic E-state index is 0.0645. The summed E-state index contributed by atoms with van der Waals surface area (Å²) in [7, 11) is 0. The Balaban J connectivity index is 1.13. The molecule has 234 valence electrons. The second kappa shape index (κ2) is 15.3. The van der Waals surface area contributed by atoms with Crippen molar-refractivity contribution in [3.8, 4) is 33.8 Å². The summed E-state index contributed by atoms with van der Waals surface area (Å²) in [5, 5.41) is 19.0. The van der Waals surface area contributed by atoms with Crippen molar-refractivity contribution in [2.24, 2.45) is 0 Å². The molecule has 0 fully saturated rings. The number of carbonyl (C=O) groups is 2. The number of aliphatic hydroxyl groups excluding tert-OH is 2. The fourth-order valence-corrected chi connectivity index (χ4v) is 4.87. The smallest absolute Gasteiger partial charge is 0.362 e. The minimum atomic E-state index is -0.637. The lowest BCUT2D eigenvalue weighted by molar-refractivity contribution is 0.0715. The van der Waals surface area contributed by atoms with Crippen molar-refractivity contribution in [3.05, 3.63) is 138 Å². The SMILES string of the molecule is CC(O)CCc1ccc(-c2ccc(OC(=O)c3ccc(C(=O)Oc4ccc(-c5ccc(CCC(C)O)cc5)cc4)nc3)cc2)cc1. The summed E-state index contributed by atoms with van der Waals surface area (Å²) in [6.07, 6.45) is 3.74. The van der Waals surface area contributed by atoms with Gasteiger partial charge in [-0.25, -0.2) is 14.6 Å². The van der Waals surface area contributed by atoms with E-state index >= 15 is 0 Å². The Bertz CT molecular complexity index is 1590. The molecule has 2 atom stereocenters. The van der Waals surface area contributed by atoms with E-state index < -0.39 is 11.9 Å². The van der Waals surface area contributed by atoms with E-state index in [2.05, 4.69) is 29.2 Å². The number of nitrogens with zero attached hydrogens (tertiary/aromatic N) is 1. The second-order valence-corrected chi connectivity index (χ2v) is 11.4. The van der Waals surface area contributed by atoms with E-state index in [1.165, 1.54) is 29.5 Å². The van der Waals surface area contributed by atoms with Crippen molar-refractivity contribution in [1.29, 1.82) is 0 Å². The average molecular weight is 616 g/mol. The first-order chi connectivity index (χ1) is 22.2. The number of aliphatic hydroxyl groups is 2. The Kier molecular flexibility index (Phi) is 10.7. The van der Waals surface area contributed by atoms with Gasteiger partial charge in [-0.05, 0) is 109 Å². The van der Waals surface area contributed by atoms with Crippen molar-refractivity contribution in [3.63, 3.8) is 0 Å². The van der Waals surface area contributed by atoms with Crippen LogP contribution in [-0.2, 0) is 12.8 Å². The van der Waals surface area contributed by atoms with E-state index in [9.17, 15) is 19.8 Å². The zero-order chi connectivity index (χ0) is 32.5. The summed E-state index contributed by atoms with van der Waals surface area (Å²) in [5.74, 6) is -0.458. The molecule has 0 spiro atoms. The highest BCUT2D eigenvalue weighted by Crippen LogP contribution is 2.25. The lowest BCUT2D eigenvalue weighted by atomic mass is 10.0. The largest absolute Gasteiger partial charge is 0.423 e. The van der Waals surface area contributed by atoms with E-state index in [0.717, 1.165) is 47.9 Å². The summed E-state index contributed by atoms with van der Waals surface area (Å²) in [5.41, 5.74) is 6.64. The van der Waals surface area contributed by atoms with Gasteiger partial charge >= 0.3 is 11.9 Å². The van der Waals surface area contributed by atoms with Crippen molar-refractivity contribution in [2.45, 2.75) is 51.7 Å². The average Bonchev–Trinajstić information content (AvgIpc) is 3.07. The van der Waals surface area contributed by atoms with Gasteiger partial charge in [-0.3, -0.25) is 0 Å². The van der Waals surface area contributed by atoms with Crippen molar-refractivity contribution in [1.82, 2.24) is 4.98 Å². The molecule has 4 aromatic carbocycles. The van der Waals surface area contributed by atoms with Gasteiger partial charge in [0.25, 0.3) is 0 Å². The molecular formula is C39H37NO6. The van der Waals surface area contributed by atoms with Gasteiger partial charge in [-0.1, -0.05) is 72.8 Å². The topological polar surface area (TPSA) is 106 Å². The van der Waals surface area contributed by atoms with Crippen molar-refractivity contribution >= 4 is 11.9 Å². The summed E-state index contributed by atoms with van der Waals surface area (Å²) >= 11 is 0. The van der Waals surface area contributed by atoms with Crippen LogP contribution in [0.1, 0.15) is 58.7 Å². The number of aromatic nitrogens is 1. The highest BCUT2D eigenvalue weighted by Gasteiger charge is 2.14. The van der Waals surface area contributed by atoms with Crippen molar-refractivity contribution in [2.75, 3.05) is 0 Å². The monoisotopic (exact) mass is 615 g/mol. The fraction of sp³-hybridized carbons (Fsp3) is 0.205. The maximum absolute atomic E-state index is 12.7. The fourth-order valence-electron chi connectivity index (χ4n) is 4.87. The molecular weight excluding hydrogens is 578 g/mol. The van der Waals surface area contributed by atoms with E-state index in [0.29, 0.717) is 11.5 Å². The second-order valence-electron chi connectivity index (χ2n) is 11.4. The Morgan fingerprint density at radius 1 is 0.565 bits per heavy atom. The van der Waals surface area contributed by atoms with Crippen LogP contribution in [0.2, 0.25) is 0 Å². The molecule has 0 amide bonds. The zero-order valence-corrected chi connectivity index (χ0v) is 25.9. The van der Waals surface area contributed by atoms with Gasteiger partial charge in [0.15, 0.2) is 0 Å². The van der Waals surface area contributed by atoms with Crippen LogP contribution in [0, 0.1) is 0 Å². The number of hydrogen-bond donors (Lipinski definition) is 2. The van der Waals surface area contributed by atoms with Gasteiger partial charge in [0, 0.05) is 6.20 Å². The molecule has 46 heavy (non-hydrogen) atoms. The Labute approximate surface area is 269 Å². The van der Waals surface area contributed by atoms with Crippen LogP contribution in [0.3, 0.4) is 0 Å². The molecule has 5 aromatic rings. The molecule has 0 radical (unpaired) electrons. The van der Waals surface area contributed by atoms with Gasteiger partial charge < -0.3 is 19.7 Å². The van der Waals surface area contributed by atoms with Gasteiger partial charge in [-0.2, -0.15) is 0 Å². The number of aryl methyl sites for hydroxylation is 2. The molecule has 0 saturated carbocycles.